The van der Waals surface area contributed by atoms with Crippen LogP contribution in [0, 0.1) is 6.92 Å². The van der Waals surface area contributed by atoms with Gasteiger partial charge in [0.2, 0.25) is 0 Å². The summed E-state index contributed by atoms with van der Waals surface area (Å²) in [6.07, 6.45) is -1.23. The maximum Gasteiger partial charge on any atom is 0.253 e. The number of benzene rings is 1. The van der Waals surface area contributed by atoms with Gasteiger partial charge in [-0.15, -0.1) is 0 Å². The predicted molar refractivity (Wildman–Crippen MR) is 107 cm³/mol. The quantitative estimate of drug-likeness (QED) is 0.682. The first-order chi connectivity index (χ1) is 12.7. The fraction of sp³-hybridized carbons (Fsp3) is 0.368. The van der Waals surface area contributed by atoms with Gasteiger partial charge in [-0.25, -0.2) is 9.37 Å². The second-order valence-corrected chi connectivity index (χ2v) is 7.43. The van der Waals surface area contributed by atoms with Crippen LogP contribution in [0.15, 0.2) is 36.4 Å². The SMILES string of the molecule is Cc1nc(N(C)C)ccc1-c1ccc([C@@H](O)[C@@H](CF)NC(=O)C(Cl)Cl)cc1. The summed E-state index contributed by atoms with van der Waals surface area (Å²) in [6, 6.07) is 9.79. The zero-order valence-corrected chi connectivity index (χ0v) is 16.8. The van der Waals surface area contributed by atoms with Crippen LogP contribution >= 0.6 is 23.2 Å². The number of hydrogen-bond donors (Lipinski definition) is 2. The van der Waals surface area contributed by atoms with Crippen LogP contribution in [-0.4, -0.2) is 47.6 Å². The number of nitrogens with zero attached hydrogens (tertiary/aromatic N) is 2. The lowest BCUT2D eigenvalue weighted by atomic mass is 9.98. The van der Waals surface area contributed by atoms with Gasteiger partial charge in [0.05, 0.1) is 6.04 Å². The first-order valence-electron chi connectivity index (χ1n) is 8.32. The van der Waals surface area contributed by atoms with E-state index in [4.69, 9.17) is 23.2 Å². The van der Waals surface area contributed by atoms with E-state index < -0.39 is 29.6 Å². The summed E-state index contributed by atoms with van der Waals surface area (Å²) < 4.78 is 13.2. The van der Waals surface area contributed by atoms with Crippen molar-refractivity contribution in [1.82, 2.24) is 10.3 Å². The minimum Gasteiger partial charge on any atom is -0.386 e. The molecule has 1 amide bonds. The third-order valence-corrected chi connectivity index (χ3v) is 4.56. The molecule has 0 aliphatic rings. The zero-order chi connectivity index (χ0) is 20.1. The van der Waals surface area contributed by atoms with Crippen molar-refractivity contribution in [3.05, 3.63) is 47.7 Å². The molecule has 8 heteroatoms. The van der Waals surface area contributed by atoms with Crippen LogP contribution in [0.25, 0.3) is 11.1 Å². The molecule has 1 aromatic heterocycles. The molecule has 2 atom stereocenters. The summed E-state index contributed by atoms with van der Waals surface area (Å²) in [7, 11) is 3.85. The highest BCUT2D eigenvalue weighted by molar-refractivity contribution is 6.53. The maximum absolute atomic E-state index is 13.2. The minimum absolute atomic E-state index is 0.470. The molecule has 27 heavy (non-hydrogen) atoms. The number of nitrogens with one attached hydrogen (secondary N) is 1. The largest absolute Gasteiger partial charge is 0.386 e. The van der Waals surface area contributed by atoms with Gasteiger partial charge in [-0.2, -0.15) is 0 Å². The number of pyridine rings is 1. The summed E-state index contributed by atoms with van der Waals surface area (Å²) >= 11 is 10.9. The Morgan fingerprint density at radius 2 is 1.85 bits per heavy atom. The summed E-state index contributed by atoms with van der Waals surface area (Å²) in [5, 5.41) is 12.7. The highest BCUT2D eigenvalue weighted by Crippen LogP contribution is 2.27. The topological polar surface area (TPSA) is 65.5 Å². The Balaban J connectivity index is 2.20. The minimum atomic E-state index is -1.32. The van der Waals surface area contributed by atoms with E-state index in [2.05, 4.69) is 10.3 Å². The fourth-order valence-corrected chi connectivity index (χ4v) is 2.77. The van der Waals surface area contributed by atoms with E-state index in [1.807, 2.05) is 50.2 Å². The van der Waals surface area contributed by atoms with Crippen molar-refractivity contribution < 1.29 is 14.3 Å². The van der Waals surface area contributed by atoms with Gasteiger partial charge in [-0.05, 0) is 30.2 Å². The Hall–Kier alpha value is -1.89. The third-order valence-electron chi connectivity index (χ3n) is 4.17. The van der Waals surface area contributed by atoms with Crippen LogP contribution in [0.4, 0.5) is 10.2 Å². The van der Waals surface area contributed by atoms with Crippen LogP contribution in [0.1, 0.15) is 17.4 Å². The van der Waals surface area contributed by atoms with Crippen molar-refractivity contribution in [2.24, 2.45) is 0 Å². The molecule has 2 N–H and O–H groups in total. The van der Waals surface area contributed by atoms with E-state index in [0.29, 0.717) is 5.56 Å². The number of aryl methyl sites for hydroxylation is 1. The molecule has 0 fully saturated rings. The predicted octanol–water partition coefficient (Wildman–Crippen LogP) is 3.41. The normalized spacial score (nSPS) is 13.3. The molecule has 0 aliphatic carbocycles. The van der Waals surface area contributed by atoms with E-state index in [1.54, 1.807) is 12.1 Å². The zero-order valence-electron chi connectivity index (χ0n) is 15.3. The molecule has 5 nitrogen and oxygen atoms in total. The van der Waals surface area contributed by atoms with Crippen LogP contribution in [0.5, 0.6) is 0 Å². The lowest BCUT2D eigenvalue weighted by molar-refractivity contribution is -0.121. The number of aliphatic hydroxyl groups is 1. The van der Waals surface area contributed by atoms with Crippen molar-refractivity contribution in [3.63, 3.8) is 0 Å². The second kappa shape index (κ2) is 9.35. The van der Waals surface area contributed by atoms with E-state index in [0.717, 1.165) is 22.6 Å². The molecule has 0 saturated heterocycles. The van der Waals surface area contributed by atoms with Gasteiger partial charge in [-0.1, -0.05) is 47.5 Å². The summed E-state index contributed by atoms with van der Waals surface area (Å²) in [5.74, 6) is 0.112. The molecule has 0 radical (unpaired) electrons. The van der Waals surface area contributed by atoms with Gasteiger partial charge < -0.3 is 15.3 Å². The van der Waals surface area contributed by atoms with Crippen LogP contribution < -0.4 is 10.2 Å². The van der Waals surface area contributed by atoms with Crippen LogP contribution in [0.3, 0.4) is 0 Å². The molecular weight excluding hydrogens is 392 g/mol. The number of aromatic nitrogens is 1. The number of rotatable bonds is 7. The van der Waals surface area contributed by atoms with Gasteiger partial charge in [0.25, 0.3) is 5.91 Å². The smallest absolute Gasteiger partial charge is 0.253 e. The van der Waals surface area contributed by atoms with Gasteiger partial charge in [0, 0.05) is 25.4 Å². The Morgan fingerprint density at radius 3 is 2.33 bits per heavy atom. The Bertz CT molecular complexity index is 785. The number of alkyl halides is 3. The molecule has 0 saturated carbocycles. The number of amides is 1. The summed E-state index contributed by atoms with van der Waals surface area (Å²) in [5.41, 5.74) is 3.23. The first-order valence-corrected chi connectivity index (χ1v) is 9.19. The van der Waals surface area contributed by atoms with Crippen molar-refractivity contribution in [3.8, 4) is 11.1 Å². The van der Waals surface area contributed by atoms with E-state index in [1.165, 1.54) is 0 Å². The molecule has 146 valence electrons. The third kappa shape index (κ3) is 5.31. The lowest BCUT2D eigenvalue weighted by Gasteiger charge is -2.22. The Morgan fingerprint density at radius 1 is 1.22 bits per heavy atom. The molecule has 0 aliphatic heterocycles. The number of carbonyl (C=O) groups is 1. The Labute approximate surface area is 168 Å². The second-order valence-electron chi connectivity index (χ2n) is 6.33. The average Bonchev–Trinajstić information content (AvgIpc) is 2.65. The van der Waals surface area contributed by atoms with E-state index >= 15 is 0 Å². The van der Waals surface area contributed by atoms with Gasteiger partial charge in [-0.3, -0.25) is 4.79 Å². The van der Waals surface area contributed by atoms with E-state index in [-0.39, 0.29) is 0 Å². The van der Waals surface area contributed by atoms with Crippen molar-refractivity contribution >= 4 is 34.9 Å². The number of aliphatic hydroxyl groups excluding tert-OH is 1. The molecule has 0 bridgehead atoms. The Kier molecular flexibility index (Phi) is 7.41. The van der Waals surface area contributed by atoms with Crippen molar-refractivity contribution in [2.75, 3.05) is 25.7 Å². The maximum atomic E-state index is 13.2. The van der Waals surface area contributed by atoms with Crippen molar-refractivity contribution in [2.45, 2.75) is 23.9 Å². The van der Waals surface area contributed by atoms with Gasteiger partial charge >= 0.3 is 0 Å². The highest BCUT2D eigenvalue weighted by atomic mass is 35.5. The number of hydrogen-bond acceptors (Lipinski definition) is 4. The summed E-state index contributed by atoms with van der Waals surface area (Å²) in [4.78, 5) is 16.7. The van der Waals surface area contributed by atoms with E-state index in [9.17, 15) is 14.3 Å². The number of carbonyl (C=O) groups excluding carboxylic acids is 1. The lowest BCUT2D eigenvalue weighted by Crippen LogP contribution is -2.43. The molecule has 1 heterocycles. The number of anilines is 1. The number of halogens is 3. The van der Waals surface area contributed by atoms with Crippen LogP contribution in [0.2, 0.25) is 0 Å². The molecule has 0 unspecified atom stereocenters. The first kappa shape index (κ1) is 21.4. The van der Waals surface area contributed by atoms with Gasteiger partial charge in [0.15, 0.2) is 4.84 Å². The fourth-order valence-electron chi connectivity index (χ4n) is 2.64. The van der Waals surface area contributed by atoms with Crippen LogP contribution in [-0.2, 0) is 4.79 Å². The molecule has 0 spiro atoms. The highest BCUT2D eigenvalue weighted by Gasteiger charge is 2.25. The molecule has 1 aromatic carbocycles. The standard InChI is InChI=1S/C19H22Cl2FN3O2/c1-11-14(8-9-16(23-11)25(2)3)12-4-6-13(7-5-12)17(26)15(10-22)24-19(27)18(20)21/h4-9,15,17-18,26H,10H2,1-3H3,(H,24,27)/t15-,17-/m1/s1. The van der Waals surface area contributed by atoms with Gasteiger partial charge in [0.1, 0.15) is 18.6 Å². The summed E-state index contributed by atoms with van der Waals surface area (Å²) in [6.45, 7) is 0.971. The molecular formula is C19H22Cl2FN3O2. The van der Waals surface area contributed by atoms with Crippen molar-refractivity contribution in [1.29, 1.82) is 0 Å². The molecule has 2 rings (SSSR count). The molecule has 2 aromatic rings. The average molecular weight is 414 g/mol. The monoisotopic (exact) mass is 413 g/mol.